The van der Waals surface area contributed by atoms with Crippen molar-refractivity contribution in [3.05, 3.63) is 170 Å². The van der Waals surface area contributed by atoms with Gasteiger partial charge in [0, 0.05) is 10.8 Å². The molecule has 0 aliphatic carbocycles. The smallest absolute Gasteiger partial charge is 0.135 e. The van der Waals surface area contributed by atoms with Crippen LogP contribution in [0.2, 0.25) is 0 Å². The van der Waals surface area contributed by atoms with Crippen LogP contribution in [0.25, 0.3) is 88.0 Å². The minimum absolute atomic E-state index is 0.203. The number of benzene rings is 8. The average Bonchev–Trinajstić information content (AvgIpc) is 3.54. The molecular weight excluding hydrogens is 544 g/mol. The molecule has 1 aromatic heterocycles. The van der Waals surface area contributed by atoms with E-state index in [4.69, 9.17) is 11.3 Å². The first-order valence-electron chi connectivity index (χ1n) is 17.5. The van der Waals surface area contributed by atoms with Gasteiger partial charge >= 0.3 is 0 Å². The van der Waals surface area contributed by atoms with Crippen molar-refractivity contribution in [2.24, 2.45) is 0 Å². The number of fused-ring (bicyclic) bond motifs is 5. The molecule has 1 nitrogen and oxygen atoms in total. The Morgan fingerprint density at radius 3 is 1.31 bits per heavy atom. The van der Waals surface area contributed by atoms with E-state index in [0.29, 0.717) is 5.56 Å². The van der Waals surface area contributed by atoms with Crippen molar-refractivity contribution in [1.29, 1.82) is 0 Å². The molecule has 0 fully saturated rings. The van der Waals surface area contributed by atoms with E-state index in [9.17, 15) is 0 Å². The molecular formula is C44H28O. The molecule has 1 heterocycles. The third-order valence-electron chi connectivity index (χ3n) is 8.78. The van der Waals surface area contributed by atoms with Gasteiger partial charge in [-0.1, -0.05) is 152 Å². The molecule has 0 amide bonds. The van der Waals surface area contributed by atoms with Crippen LogP contribution < -0.4 is 0 Å². The molecule has 0 atom stereocenters. The Balaban J connectivity index is 1.17. The molecule has 1 heteroatoms. The van der Waals surface area contributed by atoms with Crippen molar-refractivity contribution in [3.8, 4) is 44.5 Å². The molecule has 0 aliphatic heterocycles. The van der Waals surface area contributed by atoms with Crippen LogP contribution >= 0.6 is 0 Å². The van der Waals surface area contributed by atoms with E-state index in [1.165, 1.54) is 5.56 Å². The van der Waals surface area contributed by atoms with Gasteiger partial charge in [-0.05, 0) is 84.3 Å². The summed E-state index contributed by atoms with van der Waals surface area (Å²) in [6.45, 7) is 0. The van der Waals surface area contributed by atoms with Gasteiger partial charge in [-0.3, -0.25) is 0 Å². The third kappa shape index (κ3) is 4.24. The van der Waals surface area contributed by atoms with Gasteiger partial charge < -0.3 is 4.42 Å². The van der Waals surface area contributed by atoms with Gasteiger partial charge in [0.05, 0.1) is 6.85 Å². The van der Waals surface area contributed by atoms with Crippen LogP contribution in [0.4, 0.5) is 0 Å². The zero-order valence-corrected chi connectivity index (χ0v) is 24.2. The molecule has 0 saturated carbocycles. The third-order valence-corrected chi connectivity index (χ3v) is 8.78. The lowest BCUT2D eigenvalue weighted by atomic mass is 9.85. The van der Waals surface area contributed by atoms with Crippen molar-refractivity contribution in [1.82, 2.24) is 0 Å². The Morgan fingerprint density at radius 1 is 0.333 bits per heavy atom. The minimum Gasteiger partial charge on any atom is -0.456 e. The van der Waals surface area contributed by atoms with Crippen LogP contribution in [0, 0.1) is 0 Å². The predicted octanol–water partition coefficient (Wildman–Crippen LogP) is 12.6. The zero-order chi connectivity index (χ0) is 34.1. The fourth-order valence-electron chi connectivity index (χ4n) is 6.68. The van der Waals surface area contributed by atoms with Crippen molar-refractivity contribution in [2.75, 3.05) is 0 Å². The lowest BCUT2D eigenvalue weighted by molar-refractivity contribution is 0.669. The molecule has 9 rings (SSSR count). The summed E-state index contributed by atoms with van der Waals surface area (Å²) in [6, 6.07) is 46.4. The summed E-state index contributed by atoms with van der Waals surface area (Å²) in [5.41, 5.74) is 9.18. The monoisotopic (exact) mass is 577 g/mol. The van der Waals surface area contributed by atoms with Crippen LogP contribution in [0.5, 0.6) is 0 Å². The summed E-state index contributed by atoms with van der Waals surface area (Å²) in [7, 11) is 0. The largest absolute Gasteiger partial charge is 0.456 e. The Labute approximate surface area is 268 Å². The Kier molecular flexibility index (Phi) is 4.81. The standard InChI is InChI=1S/C44H28O/c1-2-10-29(11-3-1)30-18-22-32(23-19-30)43-36-13-4-6-15-38(36)44(39-16-7-5-14-37(39)43)33-24-20-31(21-25-33)34-26-27-42-40(28-34)35-12-8-9-17-41(35)45-42/h1-28H/i1D,2D,3D,10D,11D. The maximum absolute atomic E-state index is 8.45. The maximum Gasteiger partial charge on any atom is 0.135 e. The second-order valence-corrected chi connectivity index (χ2v) is 11.3. The first-order chi connectivity index (χ1) is 24.4. The number of furan rings is 1. The van der Waals surface area contributed by atoms with E-state index >= 15 is 0 Å². The van der Waals surface area contributed by atoms with Gasteiger partial charge in [-0.15, -0.1) is 0 Å². The fourth-order valence-corrected chi connectivity index (χ4v) is 6.68. The van der Waals surface area contributed by atoms with Crippen LogP contribution in [0.3, 0.4) is 0 Å². The molecule has 0 N–H and O–H groups in total. The Bertz CT molecular complexity index is 2710. The first-order valence-corrected chi connectivity index (χ1v) is 15.0. The highest BCUT2D eigenvalue weighted by Crippen LogP contribution is 2.44. The summed E-state index contributed by atoms with van der Waals surface area (Å²) in [5, 5.41) is 6.71. The van der Waals surface area contributed by atoms with Gasteiger partial charge in [0.1, 0.15) is 11.2 Å². The number of hydrogen-bond acceptors (Lipinski definition) is 1. The van der Waals surface area contributed by atoms with E-state index in [2.05, 4.69) is 97.1 Å². The maximum atomic E-state index is 8.45. The van der Waals surface area contributed by atoms with E-state index in [0.717, 1.165) is 71.3 Å². The van der Waals surface area contributed by atoms with E-state index in [1.54, 1.807) is 0 Å². The Hall–Kier alpha value is -5.92. The topological polar surface area (TPSA) is 13.1 Å². The molecule has 210 valence electrons. The summed E-state index contributed by atoms with van der Waals surface area (Å²) >= 11 is 0. The molecule has 9 aromatic rings. The fraction of sp³-hybridized carbons (Fsp3) is 0. The van der Waals surface area contributed by atoms with Crippen molar-refractivity contribution < 1.29 is 11.3 Å². The van der Waals surface area contributed by atoms with Crippen molar-refractivity contribution in [3.63, 3.8) is 0 Å². The van der Waals surface area contributed by atoms with Crippen LogP contribution in [-0.4, -0.2) is 0 Å². The SMILES string of the molecule is [2H]c1c([2H])c([2H])c(-c2ccc(-c3c4ccccc4c(-c4ccc(-c5ccc6oc7ccccc7c6c5)cc4)c4ccccc34)cc2)c([2H])c1[2H]. The molecule has 45 heavy (non-hydrogen) atoms. The second-order valence-electron chi connectivity index (χ2n) is 11.3. The predicted molar refractivity (Wildman–Crippen MR) is 190 cm³/mol. The zero-order valence-electron chi connectivity index (χ0n) is 29.2. The number of hydrogen-bond donors (Lipinski definition) is 0. The Morgan fingerprint density at radius 2 is 0.756 bits per heavy atom. The van der Waals surface area contributed by atoms with Crippen LogP contribution in [-0.2, 0) is 0 Å². The molecule has 0 unspecified atom stereocenters. The summed E-state index contributed by atoms with van der Waals surface area (Å²) in [6.07, 6.45) is 0. The highest BCUT2D eigenvalue weighted by atomic mass is 16.3. The van der Waals surface area contributed by atoms with Crippen LogP contribution in [0.1, 0.15) is 6.85 Å². The first kappa shape index (κ1) is 20.9. The molecule has 0 bridgehead atoms. The average molecular weight is 578 g/mol. The van der Waals surface area contributed by atoms with Gasteiger partial charge in [0.15, 0.2) is 0 Å². The van der Waals surface area contributed by atoms with Crippen molar-refractivity contribution in [2.45, 2.75) is 0 Å². The molecule has 0 radical (unpaired) electrons. The highest BCUT2D eigenvalue weighted by molar-refractivity contribution is 6.21. The van der Waals surface area contributed by atoms with Crippen molar-refractivity contribution >= 4 is 43.5 Å². The summed E-state index contributed by atoms with van der Waals surface area (Å²) in [4.78, 5) is 0. The second kappa shape index (κ2) is 10.4. The van der Waals surface area contributed by atoms with E-state index in [1.807, 2.05) is 42.5 Å². The van der Waals surface area contributed by atoms with E-state index in [-0.39, 0.29) is 29.7 Å². The van der Waals surface area contributed by atoms with Crippen LogP contribution in [0.15, 0.2) is 174 Å². The number of rotatable bonds is 4. The summed E-state index contributed by atoms with van der Waals surface area (Å²) < 4.78 is 47.2. The quantitative estimate of drug-likeness (QED) is 0.190. The highest BCUT2D eigenvalue weighted by Gasteiger charge is 2.17. The molecule has 8 aromatic carbocycles. The minimum atomic E-state index is -0.391. The lowest BCUT2D eigenvalue weighted by Crippen LogP contribution is -1.91. The van der Waals surface area contributed by atoms with Gasteiger partial charge in [-0.2, -0.15) is 0 Å². The summed E-state index contributed by atoms with van der Waals surface area (Å²) in [5.74, 6) is 0. The molecule has 0 aliphatic rings. The van der Waals surface area contributed by atoms with Gasteiger partial charge in [-0.25, -0.2) is 0 Å². The number of para-hydroxylation sites is 1. The molecule has 0 spiro atoms. The van der Waals surface area contributed by atoms with Gasteiger partial charge in [0.2, 0.25) is 0 Å². The van der Waals surface area contributed by atoms with E-state index < -0.39 is 6.04 Å². The molecule has 0 saturated heterocycles. The lowest BCUT2D eigenvalue weighted by Gasteiger charge is -2.18. The normalized spacial score (nSPS) is 13.1. The van der Waals surface area contributed by atoms with Gasteiger partial charge in [0.25, 0.3) is 0 Å².